The first-order valence-electron chi connectivity index (χ1n) is 2.57. The number of hydrogen-bond donors (Lipinski definition) is 1. The summed E-state index contributed by atoms with van der Waals surface area (Å²) in [6, 6.07) is 6.07. The Balaban J connectivity index is 0. The molecule has 1 rings (SSSR count). The number of phenolic OH excluding ortho intramolecular Hbond substituents is 1. The summed E-state index contributed by atoms with van der Waals surface area (Å²) < 4.78 is 0. The minimum absolute atomic E-state index is 0. The number of rotatable bonds is 1. The van der Waals surface area contributed by atoms with E-state index in [4.69, 9.17) is 5.11 Å². The minimum atomic E-state index is 0. The van der Waals surface area contributed by atoms with Crippen molar-refractivity contribution in [2.24, 2.45) is 0 Å². The third kappa shape index (κ3) is 4.16. The molecule has 1 aromatic carbocycles. The minimum Gasteiger partial charge on any atom is -0.870 e. The summed E-state index contributed by atoms with van der Waals surface area (Å²) in [6.07, 6.45) is 0.736. The van der Waals surface area contributed by atoms with Crippen LogP contribution in [0.15, 0.2) is 24.3 Å². The molecule has 4 heteroatoms. The van der Waals surface area contributed by atoms with Crippen LogP contribution >= 0.6 is 0 Å². The van der Waals surface area contributed by atoms with Crippen molar-refractivity contribution in [2.75, 3.05) is 0 Å². The van der Waals surface area contributed by atoms with Crippen molar-refractivity contribution in [1.29, 1.82) is 0 Å². The van der Waals surface area contributed by atoms with Gasteiger partial charge >= 0.3 is 29.6 Å². The van der Waals surface area contributed by atoms with E-state index in [0.717, 1.165) is 6.29 Å². The molecular weight excluding hydrogens is 155 g/mol. The van der Waals surface area contributed by atoms with E-state index in [1.807, 2.05) is 0 Å². The van der Waals surface area contributed by atoms with Crippen LogP contribution in [0.1, 0.15) is 10.4 Å². The number of aldehydes is 1. The number of hydrogen-bond acceptors (Lipinski definition) is 3. The fourth-order valence-corrected chi connectivity index (χ4v) is 0.553. The summed E-state index contributed by atoms with van der Waals surface area (Å²) in [4.78, 5) is 10.0. The monoisotopic (exact) mass is 162 g/mol. The third-order valence-electron chi connectivity index (χ3n) is 1.03. The van der Waals surface area contributed by atoms with Gasteiger partial charge in [0.25, 0.3) is 0 Å². The van der Waals surface area contributed by atoms with Crippen molar-refractivity contribution in [3.63, 3.8) is 0 Å². The van der Waals surface area contributed by atoms with Gasteiger partial charge in [-0.05, 0) is 24.3 Å². The molecule has 0 aliphatic rings. The van der Waals surface area contributed by atoms with Crippen LogP contribution in [0.2, 0.25) is 0 Å². The maximum absolute atomic E-state index is 10.0. The second-order valence-corrected chi connectivity index (χ2v) is 1.71. The third-order valence-corrected chi connectivity index (χ3v) is 1.03. The van der Waals surface area contributed by atoms with Gasteiger partial charge in [-0.3, -0.25) is 4.79 Å². The molecule has 0 aliphatic carbocycles. The first-order valence-corrected chi connectivity index (χ1v) is 2.57. The first-order chi connectivity index (χ1) is 4.33. The Morgan fingerprint density at radius 2 is 1.64 bits per heavy atom. The molecule has 0 spiro atoms. The fourth-order valence-electron chi connectivity index (χ4n) is 0.553. The van der Waals surface area contributed by atoms with Crippen molar-refractivity contribution < 1.29 is 44.9 Å². The normalized spacial score (nSPS) is 7.27. The maximum Gasteiger partial charge on any atom is 1.00 e. The van der Waals surface area contributed by atoms with E-state index in [1.54, 1.807) is 12.1 Å². The predicted octanol–water partition coefficient (Wildman–Crippen LogP) is -1.97. The average molecular weight is 162 g/mol. The van der Waals surface area contributed by atoms with Gasteiger partial charge in [0.1, 0.15) is 12.0 Å². The fraction of sp³-hybridized carbons (Fsp3) is 0. The number of carbonyl (C=O) groups is 1. The summed E-state index contributed by atoms with van der Waals surface area (Å²) in [7, 11) is 0. The molecule has 2 N–H and O–H groups in total. The molecule has 0 amide bonds. The number of aromatic hydroxyl groups is 1. The molecule has 0 aromatic heterocycles. The zero-order chi connectivity index (χ0) is 6.69. The van der Waals surface area contributed by atoms with E-state index in [9.17, 15) is 4.79 Å². The van der Waals surface area contributed by atoms with Crippen molar-refractivity contribution in [2.45, 2.75) is 0 Å². The van der Waals surface area contributed by atoms with Gasteiger partial charge < -0.3 is 10.6 Å². The molecule has 0 saturated heterocycles. The van der Waals surface area contributed by atoms with Gasteiger partial charge in [-0.15, -0.1) is 0 Å². The molecule has 0 atom stereocenters. The standard InChI is InChI=1S/C7H6O2.Na.H2O/c8-5-6-1-3-7(9)4-2-6;;/h1-5,9H;;1H2/q;+1;/p-1. The van der Waals surface area contributed by atoms with Gasteiger partial charge in [-0.2, -0.15) is 0 Å². The van der Waals surface area contributed by atoms with Gasteiger partial charge in [-0.25, -0.2) is 0 Å². The van der Waals surface area contributed by atoms with Crippen LogP contribution in [-0.4, -0.2) is 16.9 Å². The molecule has 3 nitrogen and oxygen atoms in total. The Labute approximate surface area is 86.6 Å². The number of carbonyl (C=O) groups excluding carboxylic acids is 1. The van der Waals surface area contributed by atoms with Gasteiger partial charge in [0, 0.05) is 5.56 Å². The quantitative estimate of drug-likeness (QED) is 0.385. The van der Waals surface area contributed by atoms with Crippen LogP contribution in [0.4, 0.5) is 0 Å². The number of phenols is 1. The van der Waals surface area contributed by atoms with E-state index in [-0.39, 0.29) is 40.8 Å². The predicted molar refractivity (Wildman–Crippen MR) is 35.4 cm³/mol. The second kappa shape index (κ2) is 6.37. The van der Waals surface area contributed by atoms with Crippen LogP contribution in [-0.2, 0) is 0 Å². The molecule has 0 heterocycles. The molecule has 11 heavy (non-hydrogen) atoms. The molecular formula is C7H7NaO3. The zero-order valence-electron chi connectivity index (χ0n) is 6.19. The second-order valence-electron chi connectivity index (χ2n) is 1.71. The van der Waals surface area contributed by atoms with Gasteiger partial charge in [0.15, 0.2) is 0 Å². The van der Waals surface area contributed by atoms with Crippen molar-refractivity contribution in [3.8, 4) is 5.75 Å². The average Bonchev–Trinajstić information content (AvgIpc) is 1.90. The van der Waals surface area contributed by atoms with E-state index < -0.39 is 0 Å². The molecule has 0 bridgehead atoms. The van der Waals surface area contributed by atoms with E-state index >= 15 is 0 Å². The summed E-state index contributed by atoms with van der Waals surface area (Å²) in [6.45, 7) is 0. The zero-order valence-corrected chi connectivity index (χ0v) is 8.19. The van der Waals surface area contributed by atoms with Crippen molar-refractivity contribution >= 4 is 6.29 Å². The first kappa shape index (κ1) is 13.3. The molecule has 0 saturated carbocycles. The van der Waals surface area contributed by atoms with Crippen LogP contribution in [0, 0.1) is 0 Å². The summed E-state index contributed by atoms with van der Waals surface area (Å²) in [5, 5.41) is 8.74. The van der Waals surface area contributed by atoms with Crippen LogP contribution in [0.25, 0.3) is 0 Å². The Kier molecular flexibility index (Phi) is 7.67. The van der Waals surface area contributed by atoms with Crippen LogP contribution in [0.3, 0.4) is 0 Å². The molecule has 1 aromatic rings. The SMILES string of the molecule is O=Cc1ccc(O)cc1.[Na+].[OH-]. The van der Waals surface area contributed by atoms with Gasteiger partial charge in [-0.1, -0.05) is 0 Å². The molecule has 0 aliphatic heterocycles. The van der Waals surface area contributed by atoms with Gasteiger partial charge in [0.05, 0.1) is 0 Å². The van der Waals surface area contributed by atoms with Crippen LogP contribution < -0.4 is 29.6 Å². The van der Waals surface area contributed by atoms with Crippen molar-refractivity contribution in [3.05, 3.63) is 29.8 Å². The van der Waals surface area contributed by atoms with E-state index in [2.05, 4.69) is 0 Å². The maximum atomic E-state index is 10.0. The Hall–Kier alpha value is -0.350. The Bertz CT molecular complexity index is 207. The Morgan fingerprint density at radius 1 is 1.18 bits per heavy atom. The van der Waals surface area contributed by atoms with Gasteiger partial charge in [0.2, 0.25) is 0 Å². The summed E-state index contributed by atoms with van der Waals surface area (Å²) in [5.74, 6) is 0.181. The van der Waals surface area contributed by atoms with Crippen molar-refractivity contribution in [1.82, 2.24) is 0 Å². The molecule has 54 valence electrons. The van der Waals surface area contributed by atoms with E-state index in [0.29, 0.717) is 5.56 Å². The smallest absolute Gasteiger partial charge is 0.870 e. The number of benzene rings is 1. The summed E-state index contributed by atoms with van der Waals surface area (Å²) >= 11 is 0. The molecule has 0 fully saturated rings. The Morgan fingerprint density at radius 3 is 2.00 bits per heavy atom. The largest absolute Gasteiger partial charge is 1.00 e. The van der Waals surface area contributed by atoms with E-state index in [1.165, 1.54) is 12.1 Å². The van der Waals surface area contributed by atoms with Crippen LogP contribution in [0.5, 0.6) is 5.75 Å². The summed E-state index contributed by atoms with van der Waals surface area (Å²) in [5.41, 5.74) is 0.577. The molecule has 0 radical (unpaired) electrons. The molecule has 0 unspecified atom stereocenters. The topological polar surface area (TPSA) is 67.3 Å².